The molecule has 0 radical (unpaired) electrons. The normalized spacial score (nSPS) is 18.4. The van der Waals surface area contributed by atoms with Crippen LogP contribution in [0, 0.1) is 0 Å². The molecule has 0 saturated heterocycles. The minimum absolute atomic E-state index is 0.180. The second kappa shape index (κ2) is 8.55. The predicted octanol–water partition coefficient (Wildman–Crippen LogP) is 2.96. The quantitative estimate of drug-likeness (QED) is 0.431. The number of nitrogens with zero attached hydrogens (tertiary/aromatic N) is 4. The highest BCUT2D eigenvalue weighted by Gasteiger charge is 2.41. The molecular formula is C28H25N5O4. The van der Waals surface area contributed by atoms with Crippen LogP contribution in [-0.2, 0) is 32.0 Å². The van der Waals surface area contributed by atoms with Crippen molar-refractivity contribution < 1.29 is 19.1 Å². The van der Waals surface area contributed by atoms with Crippen LogP contribution >= 0.6 is 0 Å². The van der Waals surface area contributed by atoms with Gasteiger partial charge in [0.1, 0.15) is 11.7 Å². The van der Waals surface area contributed by atoms with E-state index in [0.29, 0.717) is 29.0 Å². The van der Waals surface area contributed by atoms with E-state index < -0.39 is 17.9 Å². The number of hydrogen-bond acceptors (Lipinski definition) is 7. The molecule has 0 aliphatic carbocycles. The number of imide groups is 1. The van der Waals surface area contributed by atoms with Gasteiger partial charge in [-0.1, -0.05) is 25.1 Å². The number of carbonyl (C=O) groups excluding carboxylic acids is 3. The lowest BCUT2D eigenvalue weighted by Crippen LogP contribution is -2.37. The molecule has 1 N–H and O–H groups in total. The number of aliphatic imine (C=N–C) groups is 1. The van der Waals surface area contributed by atoms with Crippen molar-refractivity contribution >= 4 is 40.4 Å². The summed E-state index contributed by atoms with van der Waals surface area (Å²) in [6, 6.07) is 9.08. The Morgan fingerprint density at radius 3 is 2.78 bits per heavy atom. The maximum atomic E-state index is 13.2. The second-order valence-electron chi connectivity index (χ2n) is 9.50. The van der Waals surface area contributed by atoms with Gasteiger partial charge in [-0.05, 0) is 43.5 Å². The molecule has 37 heavy (non-hydrogen) atoms. The molecule has 3 aliphatic rings. The summed E-state index contributed by atoms with van der Waals surface area (Å²) in [6.45, 7) is 5.70. The summed E-state index contributed by atoms with van der Waals surface area (Å²) in [5.41, 5.74) is 5.47. The highest BCUT2D eigenvalue weighted by atomic mass is 16.5. The molecule has 2 aromatic heterocycles. The summed E-state index contributed by atoms with van der Waals surface area (Å²) in [5, 5.41) is 2.45. The fourth-order valence-corrected chi connectivity index (χ4v) is 5.20. The molecule has 9 nitrogen and oxygen atoms in total. The molecule has 1 atom stereocenters. The van der Waals surface area contributed by atoms with Crippen LogP contribution in [0.3, 0.4) is 0 Å². The van der Waals surface area contributed by atoms with Gasteiger partial charge in [-0.25, -0.2) is 9.78 Å². The zero-order valence-electron chi connectivity index (χ0n) is 20.7. The Labute approximate surface area is 213 Å². The maximum absolute atomic E-state index is 13.2. The summed E-state index contributed by atoms with van der Waals surface area (Å²) in [7, 11) is 0. The number of ether oxygens (including phenoxy) is 1. The number of aryl methyl sites for hydroxylation is 1. The molecule has 0 saturated carbocycles. The van der Waals surface area contributed by atoms with E-state index in [-0.39, 0.29) is 23.2 Å². The lowest BCUT2D eigenvalue weighted by Gasteiger charge is -2.23. The van der Waals surface area contributed by atoms with Crippen molar-refractivity contribution in [3.8, 4) is 0 Å². The van der Waals surface area contributed by atoms with Gasteiger partial charge in [0.05, 0.1) is 40.5 Å². The molecule has 6 rings (SSSR count). The highest BCUT2D eigenvalue weighted by Crippen LogP contribution is 2.40. The SMILES string of the molecule is CCc1ccn2c(C3=C(C4=NC=CN5c6c(cccc64)CC5C(=O)OC(C)C)C(=O)NC3=O)cnc2c1. The summed E-state index contributed by atoms with van der Waals surface area (Å²) in [6.07, 6.45) is 7.84. The van der Waals surface area contributed by atoms with Gasteiger partial charge in [-0.15, -0.1) is 0 Å². The molecule has 0 spiro atoms. The van der Waals surface area contributed by atoms with E-state index in [2.05, 4.69) is 22.2 Å². The molecule has 3 aromatic rings. The summed E-state index contributed by atoms with van der Waals surface area (Å²) >= 11 is 0. The number of pyridine rings is 1. The van der Waals surface area contributed by atoms with E-state index in [1.54, 1.807) is 23.0 Å². The van der Waals surface area contributed by atoms with Crippen LogP contribution in [0.4, 0.5) is 5.69 Å². The highest BCUT2D eigenvalue weighted by molar-refractivity contribution is 6.47. The third-order valence-corrected chi connectivity index (χ3v) is 6.85. The molecule has 5 heterocycles. The fourth-order valence-electron chi connectivity index (χ4n) is 5.20. The van der Waals surface area contributed by atoms with E-state index in [4.69, 9.17) is 4.74 Å². The van der Waals surface area contributed by atoms with Crippen molar-refractivity contribution in [3.05, 3.63) is 83.1 Å². The van der Waals surface area contributed by atoms with Gasteiger partial charge >= 0.3 is 5.97 Å². The van der Waals surface area contributed by atoms with Crippen molar-refractivity contribution in [2.45, 2.75) is 45.8 Å². The van der Waals surface area contributed by atoms with Crippen molar-refractivity contribution in [1.82, 2.24) is 14.7 Å². The summed E-state index contributed by atoms with van der Waals surface area (Å²) in [4.78, 5) is 50.2. The van der Waals surface area contributed by atoms with Crippen LogP contribution in [0.2, 0.25) is 0 Å². The molecular weight excluding hydrogens is 470 g/mol. The first-order valence-corrected chi connectivity index (χ1v) is 12.3. The number of anilines is 1. The van der Waals surface area contributed by atoms with E-state index >= 15 is 0 Å². The number of nitrogens with one attached hydrogen (secondary N) is 1. The number of para-hydroxylation sites is 1. The lowest BCUT2D eigenvalue weighted by atomic mass is 9.94. The molecule has 0 fully saturated rings. The van der Waals surface area contributed by atoms with Crippen LogP contribution in [-0.4, -0.2) is 45.0 Å². The van der Waals surface area contributed by atoms with E-state index in [1.807, 2.05) is 55.3 Å². The van der Waals surface area contributed by atoms with Gasteiger partial charge in [0.15, 0.2) is 0 Å². The van der Waals surface area contributed by atoms with E-state index in [9.17, 15) is 14.4 Å². The average Bonchev–Trinajstić information content (AvgIpc) is 3.49. The number of esters is 1. The molecule has 1 aromatic carbocycles. The Hall–Kier alpha value is -4.53. The predicted molar refractivity (Wildman–Crippen MR) is 138 cm³/mol. The maximum Gasteiger partial charge on any atom is 0.329 e. The number of carbonyl (C=O) groups is 3. The summed E-state index contributed by atoms with van der Waals surface area (Å²) < 4.78 is 7.31. The first-order valence-electron chi connectivity index (χ1n) is 12.3. The molecule has 186 valence electrons. The van der Waals surface area contributed by atoms with Gasteiger partial charge in [-0.2, -0.15) is 0 Å². The monoisotopic (exact) mass is 495 g/mol. The van der Waals surface area contributed by atoms with Crippen LogP contribution in [0.15, 0.2) is 65.7 Å². The number of hydrogen-bond donors (Lipinski definition) is 1. The molecule has 0 bridgehead atoms. The van der Waals surface area contributed by atoms with E-state index in [1.165, 1.54) is 0 Å². The Balaban J connectivity index is 1.51. The van der Waals surface area contributed by atoms with Gasteiger partial charge in [0, 0.05) is 30.6 Å². The standard InChI is InChI=1S/C28H25N5O4/c1-4-16-8-10-32-20(14-30-21(32)12-16)22-23(27(35)31-26(22)34)24-18-7-5-6-17-13-19(28(36)37-15(2)3)33(25(17)18)11-9-29-24/h5-12,14-15,19H,4,13H2,1-3H3,(H,31,34,35). The van der Waals surface area contributed by atoms with E-state index in [0.717, 1.165) is 23.2 Å². The minimum atomic E-state index is -0.539. The Kier molecular flexibility index (Phi) is 5.29. The number of fused-ring (bicyclic) bond motifs is 1. The topological polar surface area (TPSA) is 105 Å². The average molecular weight is 496 g/mol. The zero-order valence-corrected chi connectivity index (χ0v) is 20.7. The fraction of sp³-hybridized carbons (Fsp3) is 0.250. The third-order valence-electron chi connectivity index (χ3n) is 6.85. The molecule has 3 aliphatic heterocycles. The smallest absolute Gasteiger partial charge is 0.329 e. The lowest BCUT2D eigenvalue weighted by molar-refractivity contribution is -0.148. The van der Waals surface area contributed by atoms with Gasteiger partial charge in [0.25, 0.3) is 11.8 Å². The Morgan fingerprint density at radius 1 is 1.19 bits per heavy atom. The van der Waals surface area contributed by atoms with Crippen LogP contribution in [0.5, 0.6) is 0 Å². The van der Waals surface area contributed by atoms with Gasteiger partial charge in [0.2, 0.25) is 0 Å². The third kappa shape index (κ3) is 3.57. The van der Waals surface area contributed by atoms with Crippen molar-refractivity contribution in [1.29, 1.82) is 0 Å². The number of amides is 2. The Morgan fingerprint density at radius 2 is 2.00 bits per heavy atom. The number of rotatable bonds is 5. The van der Waals surface area contributed by atoms with Crippen molar-refractivity contribution in [2.24, 2.45) is 4.99 Å². The van der Waals surface area contributed by atoms with Crippen LogP contribution in [0.25, 0.3) is 11.2 Å². The second-order valence-corrected chi connectivity index (χ2v) is 9.50. The largest absolute Gasteiger partial charge is 0.461 e. The summed E-state index contributed by atoms with van der Waals surface area (Å²) in [5.74, 6) is -1.34. The van der Waals surface area contributed by atoms with Gasteiger partial charge < -0.3 is 9.64 Å². The molecule has 2 amide bonds. The zero-order chi connectivity index (χ0) is 25.8. The molecule has 9 heteroatoms. The molecule has 1 unspecified atom stereocenters. The van der Waals surface area contributed by atoms with Crippen molar-refractivity contribution in [3.63, 3.8) is 0 Å². The number of aromatic nitrogens is 2. The number of imidazole rings is 1. The van der Waals surface area contributed by atoms with Crippen LogP contribution in [0.1, 0.15) is 43.2 Å². The minimum Gasteiger partial charge on any atom is -0.461 e. The van der Waals surface area contributed by atoms with Crippen LogP contribution < -0.4 is 10.2 Å². The van der Waals surface area contributed by atoms with Crippen molar-refractivity contribution in [2.75, 3.05) is 4.90 Å². The van der Waals surface area contributed by atoms with Gasteiger partial charge in [-0.3, -0.25) is 24.3 Å². The Bertz CT molecular complexity index is 1590. The number of benzene rings is 1. The first-order chi connectivity index (χ1) is 17.9. The first kappa shape index (κ1) is 22.9.